The van der Waals surface area contributed by atoms with Crippen molar-refractivity contribution in [2.45, 2.75) is 6.55 Å². The molecule has 0 heterocycles. The van der Waals surface area contributed by atoms with Crippen LogP contribution < -0.4 is 0 Å². The van der Waals surface area contributed by atoms with Gasteiger partial charge in [-0.15, -0.1) is 0 Å². The van der Waals surface area contributed by atoms with Gasteiger partial charge in [0.05, 0.1) is 0 Å². The Morgan fingerprint density at radius 1 is 1.71 bits per heavy atom. The van der Waals surface area contributed by atoms with E-state index in [-0.39, 0.29) is 0 Å². The zero-order valence-corrected chi connectivity index (χ0v) is 6.70. The second kappa shape index (κ2) is 2.66. The van der Waals surface area contributed by atoms with Crippen LogP contribution in [0.3, 0.4) is 0 Å². The van der Waals surface area contributed by atoms with Gasteiger partial charge >= 0.3 is 9.33 Å². The molecule has 0 saturated heterocycles. The monoisotopic (exact) mass is 160 g/mol. The highest BCUT2D eigenvalue weighted by Gasteiger charge is 1.98. The largest absolute Gasteiger partial charge is 0.345 e. The Labute approximate surface area is 49.2 Å². The summed E-state index contributed by atoms with van der Waals surface area (Å²) in [6, 6.07) is 0. The molecule has 7 heavy (non-hydrogen) atoms. The van der Waals surface area contributed by atoms with Crippen LogP contribution in [0, 0.1) is 0 Å². The average Bonchev–Trinajstić information content (AvgIpc) is 1.30. The van der Waals surface area contributed by atoms with Crippen LogP contribution >= 0.6 is 10.7 Å². The molecule has 0 unspecified atom stereocenters. The van der Waals surface area contributed by atoms with Gasteiger partial charge in [0.15, 0.2) is 9.76 Å². The Morgan fingerprint density at radius 2 is 2.14 bits per heavy atom. The minimum absolute atomic E-state index is 0.910. The lowest BCUT2D eigenvalue weighted by Gasteiger charge is -1.87. The van der Waals surface area contributed by atoms with Gasteiger partial charge < -0.3 is 3.87 Å². The van der Waals surface area contributed by atoms with E-state index in [9.17, 15) is 8.42 Å². The summed E-state index contributed by atoms with van der Waals surface area (Å²) in [5.74, 6) is 0. The van der Waals surface area contributed by atoms with Gasteiger partial charge in [-0.2, -0.15) is 8.42 Å². The van der Waals surface area contributed by atoms with E-state index < -0.39 is 19.1 Å². The van der Waals surface area contributed by atoms with Gasteiger partial charge in [-0.1, -0.05) is 0 Å². The topological polar surface area (TPSA) is 43.4 Å². The lowest BCUT2D eigenvalue weighted by atomic mass is 11.9. The third kappa shape index (κ3) is 6.42. The zero-order chi connectivity index (χ0) is 5.91. The van der Waals surface area contributed by atoms with E-state index in [0.29, 0.717) is 0 Å². The van der Waals surface area contributed by atoms with Gasteiger partial charge in [-0.05, 0) is 6.55 Å². The Bertz CT molecular complexity index is 128. The maximum Gasteiger partial charge on any atom is 0.345 e. The lowest BCUT2D eigenvalue weighted by molar-refractivity contribution is 0.520. The molecular formula is CH5ClO3SSi. The molecule has 0 aromatic carbocycles. The van der Waals surface area contributed by atoms with Crippen molar-refractivity contribution in [2.24, 2.45) is 0 Å². The molecule has 0 bridgehead atoms. The molecule has 0 spiro atoms. The summed E-state index contributed by atoms with van der Waals surface area (Å²) in [5.41, 5.74) is 0. The smallest absolute Gasteiger partial charge is 0.311 e. The van der Waals surface area contributed by atoms with E-state index in [1.54, 1.807) is 6.55 Å². The molecule has 0 rings (SSSR count). The molecule has 0 aliphatic rings. The Balaban J connectivity index is 3.60. The van der Waals surface area contributed by atoms with Crippen LogP contribution in [0.15, 0.2) is 0 Å². The predicted octanol–water partition coefficient (Wildman–Crippen LogP) is -0.381. The summed E-state index contributed by atoms with van der Waals surface area (Å²) in [5, 5.41) is 0. The van der Waals surface area contributed by atoms with Crippen LogP contribution in [0.5, 0.6) is 0 Å². The molecule has 0 aliphatic heterocycles. The number of hydrogen-bond donors (Lipinski definition) is 0. The fourth-order valence-corrected chi connectivity index (χ4v) is 2.07. The van der Waals surface area contributed by atoms with Crippen molar-refractivity contribution in [3.05, 3.63) is 0 Å². The van der Waals surface area contributed by atoms with Crippen LogP contribution in [0.1, 0.15) is 0 Å². The van der Waals surface area contributed by atoms with Crippen LogP contribution in [-0.2, 0) is 13.2 Å². The maximum absolute atomic E-state index is 9.81. The molecule has 0 aromatic heterocycles. The van der Waals surface area contributed by atoms with Crippen molar-refractivity contribution in [3.8, 4) is 0 Å². The fraction of sp³-hybridized carbons (Fsp3) is 1.00. The highest BCUT2D eigenvalue weighted by Crippen LogP contribution is 1.94. The summed E-state index contributed by atoms with van der Waals surface area (Å²) in [4.78, 5) is 0. The van der Waals surface area contributed by atoms with E-state index in [1.807, 2.05) is 0 Å². The van der Waals surface area contributed by atoms with Crippen LogP contribution in [0.2, 0.25) is 6.55 Å². The quantitative estimate of drug-likeness (QED) is 0.409. The minimum atomic E-state index is -3.64. The van der Waals surface area contributed by atoms with Crippen molar-refractivity contribution < 1.29 is 12.3 Å². The van der Waals surface area contributed by atoms with Crippen molar-refractivity contribution >= 4 is 29.8 Å². The lowest BCUT2D eigenvalue weighted by Crippen LogP contribution is -1.97. The van der Waals surface area contributed by atoms with Crippen molar-refractivity contribution in [3.63, 3.8) is 0 Å². The van der Waals surface area contributed by atoms with Gasteiger partial charge in [0.2, 0.25) is 0 Å². The molecule has 0 fully saturated rings. The summed E-state index contributed by atoms with van der Waals surface area (Å²) >= 11 is 0. The summed E-state index contributed by atoms with van der Waals surface area (Å²) in [6.45, 7) is 1.68. The van der Waals surface area contributed by atoms with Gasteiger partial charge in [-0.25, -0.2) is 0 Å². The van der Waals surface area contributed by atoms with Crippen LogP contribution in [-0.4, -0.2) is 18.2 Å². The Morgan fingerprint density at radius 3 is 2.14 bits per heavy atom. The fourth-order valence-electron chi connectivity index (χ4n) is 0.141. The molecule has 44 valence electrons. The third-order valence-electron chi connectivity index (χ3n) is 0.259. The van der Waals surface area contributed by atoms with Crippen LogP contribution in [0.25, 0.3) is 0 Å². The molecule has 0 amide bonds. The molecule has 6 heteroatoms. The first-order valence-electron chi connectivity index (χ1n) is 1.65. The van der Waals surface area contributed by atoms with E-state index in [2.05, 4.69) is 14.6 Å². The number of halogens is 1. The summed E-state index contributed by atoms with van der Waals surface area (Å²) < 4.78 is 23.7. The normalized spacial score (nSPS) is 13.4. The zero-order valence-electron chi connectivity index (χ0n) is 3.72. The molecule has 3 nitrogen and oxygen atoms in total. The van der Waals surface area contributed by atoms with E-state index in [1.165, 1.54) is 0 Å². The molecule has 0 saturated carbocycles. The molecule has 0 aliphatic carbocycles. The van der Waals surface area contributed by atoms with Crippen molar-refractivity contribution in [2.75, 3.05) is 0 Å². The number of hydrogen-bond acceptors (Lipinski definition) is 3. The first-order chi connectivity index (χ1) is 3.06. The molecule has 0 radical (unpaired) electrons. The van der Waals surface area contributed by atoms with E-state index in [0.717, 1.165) is 0 Å². The third-order valence-corrected chi connectivity index (χ3v) is 3.13. The Kier molecular flexibility index (Phi) is 2.82. The summed E-state index contributed by atoms with van der Waals surface area (Å²) in [7, 11) is 0.0677. The average molecular weight is 161 g/mol. The second-order valence-corrected chi connectivity index (χ2v) is 4.24. The van der Waals surface area contributed by atoms with E-state index >= 15 is 0 Å². The van der Waals surface area contributed by atoms with Crippen molar-refractivity contribution in [1.29, 1.82) is 0 Å². The standard InChI is InChI=1S/CH5ClO3SSi/c1-7-5-6(2,3)4/h7H2,1H3. The van der Waals surface area contributed by atoms with Gasteiger partial charge in [0, 0.05) is 10.7 Å². The predicted molar refractivity (Wildman–Crippen MR) is 30.3 cm³/mol. The van der Waals surface area contributed by atoms with Gasteiger partial charge in [0.1, 0.15) is 0 Å². The SMILES string of the molecule is C[SiH2]OS(=O)(=O)Cl. The highest BCUT2D eigenvalue weighted by atomic mass is 35.7. The molecule has 0 atom stereocenters. The first-order valence-corrected chi connectivity index (χ1v) is 5.88. The molecule has 0 aromatic rings. The van der Waals surface area contributed by atoms with Crippen LogP contribution in [0.4, 0.5) is 0 Å². The highest BCUT2D eigenvalue weighted by molar-refractivity contribution is 8.10. The second-order valence-electron chi connectivity index (χ2n) is 0.800. The minimum Gasteiger partial charge on any atom is -0.311 e. The van der Waals surface area contributed by atoms with Crippen molar-refractivity contribution in [1.82, 2.24) is 0 Å². The number of rotatable bonds is 2. The van der Waals surface area contributed by atoms with Gasteiger partial charge in [0.25, 0.3) is 0 Å². The molecule has 0 N–H and O–H groups in total. The van der Waals surface area contributed by atoms with Gasteiger partial charge in [-0.3, -0.25) is 0 Å². The van der Waals surface area contributed by atoms with E-state index in [4.69, 9.17) is 0 Å². The maximum atomic E-state index is 9.81. The first kappa shape index (κ1) is 7.42. The molecular weight excluding hydrogens is 156 g/mol. The Hall–Kier alpha value is 0.417. The summed E-state index contributed by atoms with van der Waals surface area (Å²) in [6.07, 6.45) is 0.